The lowest BCUT2D eigenvalue weighted by Gasteiger charge is -2.08. The van der Waals surface area contributed by atoms with Crippen LogP contribution in [0.2, 0.25) is 0 Å². The normalized spacial score (nSPS) is 11.2. The van der Waals surface area contributed by atoms with E-state index < -0.39 is 5.82 Å². The minimum absolute atomic E-state index is 0.0761. The molecule has 0 saturated carbocycles. The highest BCUT2D eigenvalue weighted by molar-refractivity contribution is 7.99. The fourth-order valence-corrected chi connectivity index (χ4v) is 3.51. The third kappa shape index (κ3) is 3.48. The van der Waals surface area contributed by atoms with Crippen LogP contribution in [0.4, 0.5) is 10.1 Å². The van der Waals surface area contributed by atoms with E-state index in [0.717, 1.165) is 16.5 Å². The molecule has 136 valence electrons. The zero-order chi connectivity index (χ0) is 19.0. The van der Waals surface area contributed by atoms with Crippen LogP contribution in [0.15, 0.2) is 47.6 Å². The number of amides is 1. The summed E-state index contributed by atoms with van der Waals surface area (Å²) in [4.78, 5) is 21.3. The Morgan fingerprint density at radius 3 is 2.81 bits per heavy atom. The lowest BCUT2D eigenvalue weighted by atomic mass is 10.2. The van der Waals surface area contributed by atoms with E-state index in [9.17, 15) is 9.18 Å². The van der Waals surface area contributed by atoms with E-state index in [-0.39, 0.29) is 17.3 Å². The molecular formula is C19H16FN5OS. The van der Waals surface area contributed by atoms with Crippen LogP contribution in [0, 0.1) is 19.7 Å². The van der Waals surface area contributed by atoms with Crippen LogP contribution in [0.5, 0.6) is 0 Å². The van der Waals surface area contributed by atoms with E-state index in [4.69, 9.17) is 0 Å². The van der Waals surface area contributed by atoms with Gasteiger partial charge in [0.1, 0.15) is 11.6 Å². The van der Waals surface area contributed by atoms with E-state index >= 15 is 0 Å². The Kier molecular flexibility index (Phi) is 4.49. The van der Waals surface area contributed by atoms with Gasteiger partial charge < -0.3 is 5.32 Å². The van der Waals surface area contributed by atoms with Crippen LogP contribution in [0.1, 0.15) is 11.4 Å². The van der Waals surface area contributed by atoms with E-state index in [1.165, 1.54) is 17.8 Å². The molecule has 0 saturated heterocycles. The summed E-state index contributed by atoms with van der Waals surface area (Å²) in [5, 5.41) is 8.43. The number of fused-ring (bicyclic) bond motifs is 3. The Labute approximate surface area is 158 Å². The van der Waals surface area contributed by atoms with E-state index in [0.29, 0.717) is 16.6 Å². The van der Waals surface area contributed by atoms with Gasteiger partial charge in [0.05, 0.1) is 17.0 Å². The van der Waals surface area contributed by atoms with Gasteiger partial charge in [-0.3, -0.25) is 4.79 Å². The number of nitrogens with one attached hydrogen (secondary N) is 1. The second kappa shape index (κ2) is 6.96. The first-order valence-corrected chi connectivity index (χ1v) is 9.31. The van der Waals surface area contributed by atoms with Gasteiger partial charge in [-0.25, -0.2) is 14.4 Å². The highest BCUT2D eigenvalue weighted by Gasteiger charge is 2.14. The summed E-state index contributed by atoms with van der Waals surface area (Å²) in [5.74, 6) is -0.0671. The van der Waals surface area contributed by atoms with Crippen molar-refractivity contribution in [3.63, 3.8) is 0 Å². The van der Waals surface area contributed by atoms with Crippen molar-refractivity contribution in [2.24, 2.45) is 0 Å². The molecule has 0 atom stereocenters. The number of thioether (sulfide) groups is 1. The summed E-state index contributed by atoms with van der Waals surface area (Å²) < 4.78 is 15.5. The number of anilines is 1. The molecule has 1 amide bonds. The van der Waals surface area contributed by atoms with Crippen LogP contribution in [0.25, 0.3) is 16.6 Å². The second-order valence-corrected chi connectivity index (χ2v) is 7.07. The zero-order valence-corrected chi connectivity index (χ0v) is 15.5. The monoisotopic (exact) mass is 381 g/mol. The quantitative estimate of drug-likeness (QED) is 0.430. The number of hydrogen-bond acceptors (Lipinski definition) is 5. The van der Waals surface area contributed by atoms with Crippen LogP contribution in [-0.2, 0) is 4.79 Å². The summed E-state index contributed by atoms with van der Waals surface area (Å²) in [7, 11) is 0. The Bertz CT molecular complexity index is 1170. The lowest BCUT2D eigenvalue weighted by Crippen LogP contribution is -2.15. The van der Waals surface area contributed by atoms with Crippen LogP contribution in [0.3, 0.4) is 0 Å². The van der Waals surface area contributed by atoms with Gasteiger partial charge in [0.25, 0.3) is 0 Å². The first kappa shape index (κ1) is 17.4. The average Bonchev–Trinajstić information content (AvgIpc) is 3.04. The smallest absolute Gasteiger partial charge is 0.234 e. The fourth-order valence-electron chi connectivity index (χ4n) is 2.76. The summed E-state index contributed by atoms with van der Waals surface area (Å²) in [6, 6.07) is 12.3. The molecule has 0 aliphatic heterocycles. The molecule has 8 heteroatoms. The molecule has 1 N–H and O–H groups in total. The van der Waals surface area contributed by atoms with Gasteiger partial charge in [0, 0.05) is 5.39 Å². The zero-order valence-electron chi connectivity index (χ0n) is 14.7. The average molecular weight is 381 g/mol. The van der Waals surface area contributed by atoms with E-state index in [1.807, 2.05) is 31.2 Å². The largest absolute Gasteiger partial charge is 0.323 e. The molecule has 0 bridgehead atoms. The lowest BCUT2D eigenvalue weighted by molar-refractivity contribution is -0.113. The highest BCUT2D eigenvalue weighted by Crippen LogP contribution is 2.24. The van der Waals surface area contributed by atoms with Gasteiger partial charge in [0.15, 0.2) is 10.8 Å². The number of carbonyl (C=O) groups excluding carboxylic acids is 1. The predicted octanol–water partition coefficient (Wildman–Crippen LogP) is 3.76. The number of aromatic nitrogens is 4. The molecular weight excluding hydrogens is 365 g/mol. The molecule has 0 aliphatic rings. The number of halogens is 1. The van der Waals surface area contributed by atoms with E-state index in [1.54, 1.807) is 23.6 Å². The first-order valence-electron chi connectivity index (χ1n) is 8.32. The number of hydrogen-bond donors (Lipinski definition) is 1. The van der Waals surface area contributed by atoms with Gasteiger partial charge >= 0.3 is 0 Å². The maximum absolute atomic E-state index is 13.9. The minimum Gasteiger partial charge on any atom is -0.323 e. The fraction of sp³-hybridized carbons (Fsp3) is 0.158. The van der Waals surface area contributed by atoms with Gasteiger partial charge in [-0.2, -0.15) is 4.52 Å². The molecule has 2 aromatic carbocycles. The molecule has 27 heavy (non-hydrogen) atoms. The third-order valence-corrected chi connectivity index (χ3v) is 4.92. The van der Waals surface area contributed by atoms with Gasteiger partial charge in [-0.1, -0.05) is 30.0 Å². The van der Waals surface area contributed by atoms with Gasteiger partial charge in [-0.15, -0.1) is 5.10 Å². The number of nitrogens with zero attached hydrogens (tertiary/aromatic N) is 4. The number of aryl methyl sites for hydroxylation is 2. The molecule has 0 radical (unpaired) electrons. The van der Waals surface area contributed by atoms with Crippen LogP contribution < -0.4 is 5.32 Å². The first-order chi connectivity index (χ1) is 13.0. The van der Waals surface area contributed by atoms with Gasteiger partial charge in [0.2, 0.25) is 5.91 Å². The molecule has 4 aromatic rings. The molecule has 2 heterocycles. The number of benzene rings is 2. The molecule has 0 fully saturated rings. The standard InChI is InChI=1S/C19H16FN5OS/c1-11-7-8-16(14(20)9-11)22-17(26)10-27-19-23-15-6-4-3-5-13(15)18-21-12(2)24-25(18)19/h3-9H,10H2,1-2H3,(H,22,26). The maximum Gasteiger partial charge on any atom is 0.234 e. The topological polar surface area (TPSA) is 72.2 Å². The second-order valence-electron chi connectivity index (χ2n) is 6.13. The van der Waals surface area contributed by atoms with Gasteiger partial charge in [-0.05, 0) is 43.7 Å². The van der Waals surface area contributed by atoms with Crippen molar-refractivity contribution in [2.75, 3.05) is 11.1 Å². The Hall–Kier alpha value is -3.00. The third-order valence-electron chi connectivity index (χ3n) is 3.99. The molecule has 6 nitrogen and oxygen atoms in total. The number of rotatable bonds is 4. The van der Waals surface area contributed by atoms with Crippen molar-refractivity contribution in [2.45, 2.75) is 19.0 Å². The molecule has 4 rings (SSSR count). The Balaban J connectivity index is 1.58. The number of carbonyl (C=O) groups is 1. The summed E-state index contributed by atoms with van der Waals surface area (Å²) in [6.45, 7) is 3.60. The van der Waals surface area contributed by atoms with Crippen molar-refractivity contribution >= 4 is 39.9 Å². The predicted molar refractivity (Wildman–Crippen MR) is 104 cm³/mol. The number of para-hydroxylation sites is 1. The van der Waals surface area contributed by atoms with Crippen molar-refractivity contribution in [3.05, 3.63) is 59.7 Å². The van der Waals surface area contributed by atoms with Crippen molar-refractivity contribution in [3.8, 4) is 0 Å². The Morgan fingerprint density at radius 1 is 1.19 bits per heavy atom. The molecule has 2 aromatic heterocycles. The van der Waals surface area contributed by atoms with Crippen LogP contribution in [-0.4, -0.2) is 31.2 Å². The SMILES string of the molecule is Cc1ccc(NC(=O)CSc2nc3ccccc3c3nc(C)nn23)c(F)c1. The minimum atomic E-state index is -0.452. The Morgan fingerprint density at radius 2 is 2.00 bits per heavy atom. The molecule has 0 aliphatic carbocycles. The highest BCUT2D eigenvalue weighted by atomic mass is 32.2. The maximum atomic E-state index is 13.9. The molecule has 0 spiro atoms. The summed E-state index contributed by atoms with van der Waals surface area (Å²) in [5.41, 5.74) is 2.44. The van der Waals surface area contributed by atoms with Crippen molar-refractivity contribution < 1.29 is 9.18 Å². The van der Waals surface area contributed by atoms with E-state index in [2.05, 4.69) is 20.4 Å². The van der Waals surface area contributed by atoms with Crippen molar-refractivity contribution in [1.82, 2.24) is 19.6 Å². The summed E-state index contributed by atoms with van der Waals surface area (Å²) >= 11 is 1.23. The van der Waals surface area contributed by atoms with Crippen molar-refractivity contribution in [1.29, 1.82) is 0 Å². The summed E-state index contributed by atoms with van der Waals surface area (Å²) in [6.07, 6.45) is 0. The van der Waals surface area contributed by atoms with Crippen LogP contribution >= 0.6 is 11.8 Å². The molecule has 0 unspecified atom stereocenters.